The highest BCUT2D eigenvalue weighted by Crippen LogP contribution is 2.30. The summed E-state index contributed by atoms with van der Waals surface area (Å²) in [6.07, 6.45) is -3.58. The molecule has 0 saturated carbocycles. The summed E-state index contributed by atoms with van der Waals surface area (Å²) in [5, 5.41) is 3.03. The number of nitrogens with one attached hydrogen (secondary N) is 1. The van der Waals surface area contributed by atoms with E-state index in [4.69, 9.17) is 0 Å². The van der Waals surface area contributed by atoms with E-state index < -0.39 is 21.9 Å². The van der Waals surface area contributed by atoms with Crippen LogP contribution in [0.2, 0.25) is 0 Å². The maximum atomic E-state index is 12.7. The van der Waals surface area contributed by atoms with E-state index >= 15 is 0 Å². The average Bonchev–Trinajstić information content (AvgIpc) is 2.46. The highest BCUT2D eigenvalue weighted by Gasteiger charge is 2.35. The van der Waals surface area contributed by atoms with E-state index in [-0.39, 0.29) is 16.9 Å². The van der Waals surface area contributed by atoms with Crippen LogP contribution in [0.3, 0.4) is 0 Å². The smallest absolute Gasteiger partial charge is 0.314 e. The summed E-state index contributed by atoms with van der Waals surface area (Å²) in [5.41, 5.74) is -0.936. The predicted octanol–water partition coefficient (Wildman–Crippen LogP) is 1.26. The zero-order valence-corrected chi connectivity index (χ0v) is 12.3. The molecule has 0 unspecified atom stereocenters. The van der Waals surface area contributed by atoms with Crippen molar-refractivity contribution < 1.29 is 21.6 Å². The van der Waals surface area contributed by atoms with Crippen molar-refractivity contribution in [1.29, 1.82) is 0 Å². The number of hydrogen-bond donors (Lipinski definition) is 1. The molecular weight excluding hydrogens is 307 g/mol. The van der Waals surface area contributed by atoms with Crippen molar-refractivity contribution >= 4 is 10.0 Å². The van der Waals surface area contributed by atoms with Gasteiger partial charge in [-0.15, -0.1) is 0 Å². The van der Waals surface area contributed by atoms with Gasteiger partial charge in [0.2, 0.25) is 10.0 Å². The van der Waals surface area contributed by atoms with E-state index in [1.54, 1.807) is 6.92 Å². The molecule has 0 aromatic carbocycles. The van der Waals surface area contributed by atoms with Crippen LogP contribution in [0.15, 0.2) is 17.2 Å². The van der Waals surface area contributed by atoms with E-state index in [0.717, 1.165) is 12.3 Å². The van der Waals surface area contributed by atoms with Crippen LogP contribution in [-0.2, 0) is 22.6 Å². The summed E-state index contributed by atoms with van der Waals surface area (Å²) in [6.45, 7) is 3.26. The molecule has 0 radical (unpaired) electrons. The second-order valence-corrected chi connectivity index (χ2v) is 6.59. The number of halogens is 3. The summed E-state index contributed by atoms with van der Waals surface area (Å²) >= 11 is 0. The van der Waals surface area contributed by atoms with Crippen molar-refractivity contribution in [3.63, 3.8) is 0 Å². The third-order valence-corrected chi connectivity index (χ3v) is 5.28. The van der Waals surface area contributed by atoms with Gasteiger partial charge in [0.1, 0.15) is 10.6 Å². The van der Waals surface area contributed by atoms with Gasteiger partial charge in [0.05, 0.1) is 0 Å². The Labute approximate surface area is 121 Å². The summed E-state index contributed by atoms with van der Waals surface area (Å²) in [6, 6.07) is 0.815. The Morgan fingerprint density at radius 1 is 1.33 bits per heavy atom. The minimum atomic E-state index is -4.58. The Balaban J connectivity index is 2.43. The quantitative estimate of drug-likeness (QED) is 0.910. The number of aromatic nitrogens is 1. The largest absolute Gasteiger partial charge is 0.433 e. The summed E-state index contributed by atoms with van der Waals surface area (Å²) in [4.78, 5) is 3.13. The summed E-state index contributed by atoms with van der Waals surface area (Å²) in [7, 11) is -3.80. The van der Waals surface area contributed by atoms with Gasteiger partial charge in [0.15, 0.2) is 0 Å². The van der Waals surface area contributed by atoms with Crippen LogP contribution in [0, 0.1) is 0 Å². The van der Waals surface area contributed by atoms with E-state index in [2.05, 4.69) is 10.3 Å². The molecule has 1 aromatic heterocycles. The molecule has 1 aliphatic rings. The molecule has 21 heavy (non-hydrogen) atoms. The molecule has 1 aliphatic heterocycles. The minimum Gasteiger partial charge on any atom is -0.314 e. The molecule has 1 aromatic rings. The van der Waals surface area contributed by atoms with Crippen LogP contribution in [0.4, 0.5) is 13.2 Å². The number of piperazine rings is 1. The summed E-state index contributed by atoms with van der Waals surface area (Å²) < 4.78 is 64.2. The predicted molar refractivity (Wildman–Crippen MR) is 70.2 cm³/mol. The Morgan fingerprint density at radius 3 is 2.48 bits per heavy atom. The molecule has 0 amide bonds. The SMILES string of the molecule is CCc1cc(C(F)(F)F)ncc1S(=O)(=O)N1CCNCC1. The highest BCUT2D eigenvalue weighted by atomic mass is 32.2. The molecule has 0 bridgehead atoms. The van der Waals surface area contributed by atoms with Gasteiger partial charge >= 0.3 is 6.18 Å². The van der Waals surface area contributed by atoms with Gasteiger partial charge in [0, 0.05) is 32.4 Å². The fraction of sp³-hybridized carbons (Fsp3) is 0.583. The van der Waals surface area contributed by atoms with Gasteiger partial charge in [-0.1, -0.05) is 6.92 Å². The van der Waals surface area contributed by atoms with Crippen molar-refractivity contribution in [2.45, 2.75) is 24.4 Å². The van der Waals surface area contributed by atoms with Crippen molar-refractivity contribution in [3.05, 3.63) is 23.5 Å². The fourth-order valence-corrected chi connectivity index (χ4v) is 3.83. The first-order valence-corrected chi connectivity index (χ1v) is 7.98. The highest BCUT2D eigenvalue weighted by molar-refractivity contribution is 7.89. The van der Waals surface area contributed by atoms with Crippen molar-refractivity contribution in [3.8, 4) is 0 Å². The molecule has 5 nitrogen and oxygen atoms in total. The Bertz CT molecular complexity index is 611. The monoisotopic (exact) mass is 323 g/mol. The van der Waals surface area contributed by atoms with Crippen LogP contribution in [0.5, 0.6) is 0 Å². The Morgan fingerprint density at radius 2 is 1.95 bits per heavy atom. The number of rotatable bonds is 3. The number of pyridine rings is 1. The van der Waals surface area contributed by atoms with Crippen molar-refractivity contribution in [2.75, 3.05) is 26.2 Å². The fourth-order valence-electron chi connectivity index (χ4n) is 2.17. The standard InChI is InChI=1S/C12H16F3N3O2S/c1-2-9-7-11(12(13,14)15)17-8-10(9)21(19,20)18-5-3-16-4-6-18/h7-8,16H,2-6H2,1H3. The molecule has 1 N–H and O–H groups in total. The lowest BCUT2D eigenvalue weighted by atomic mass is 10.2. The average molecular weight is 323 g/mol. The Hall–Kier alpha value is -1.19. The third-order valence-electron chi connectivity index (χ3n) is 3.31. The molecule has 0 aliphatic carbocycles. The molecule has 2 heterocycles. The number of alkyl halides is 3. The lowest BCUT2D eigenvalue weighted by molar-refractivity contribution is -0.141. The van der Waals surface area contributed by atoms with Crippen LogP contribution in [0.25, 0.3) is 0 Å². The second-order valence-electron chi connectivity index (χ2n) is 4.68. The number of aryl methyl sites for hydroxylation is 1. The molecule has 1 saturated heterocycles. The second kappa shape index (κ2) is 5.90. The van der Waals surface area contributed by atoms with Crippen LogP contribution in [-0.4, -0.2) is 43.9 Å². The lowest BCUT2D eigenvalue weighted by Crippen LogP contribution is -2.46. The van der Waals surface area contributed by atoms with Crippen LogP contribution >= 0.6 is 0 Å². The topological polar surface area (TPSA) is 62.3 Å². The van der Waals surface area contributed by atoms with E-state index in [1.807, 2.05) is 0 Å². The van der Waals surface area contributed by atoms with Gasteiger partial charge in [-0.05, 0) is 18.1 Å². The first-order valence-electron chi connectivity index (χ1n) is 6.54. The molecule has 0 atom stereocenters. The molecular formula is C12H16F3N3O2S. The molecule has 0 spiro atoms. The van der Waals surface area contributed by atoms with Crippen LogP contribution < -0.4 is 5.32 Å². The van der Waals surface area contributed by atoms with E-state index in [9.17, 15) is 21.6 Å². The first kappa shape index (κ1) is 16.2. The molecule has 118 valence electrons. The normalized spacial score (nSPS) is 17.9. The lowest BCUT2D eigenvalue weighted by Gasteiger charge is -2.27. The van der Waals surface area contributed by atoms with Crippen molar-refractivity contribution in [1.82, 2.24) is 14.6 Å². The Kier molecular flexibility index (Phi) is 4.54. The molecule has 9 heteroatoms. The zero-order valence-electron chi connectivity index (χ0n) is 11.4. The van der Waals surface area contributed by atoms with Gasteiger partial charge in [0.25, 0.3) is 0 Å². The zero-order chi connectivity index (χ0) is 15.7. The van der Waals surface area contributed by atoms with Gasteiger partial charge in [-0.2, -0.15) is 17.5 Å². The maximum absolute atomic E-state index is 12.7. The molecule has 1 fully saturated rings. The van der Waals surface area contributed by atoms with Crippen LogP contribution in [0.1, 0.15) is 18.2 Å². The van der Waals surface area contributed by atoms with Crippen molar-refractivity contribution in [2.24, 2.45) is 0 Å². The maximum Gasteiger partial charge on any atom is 0.433 e. The van der Waals surface area contributed by atoms with Gasteiger partial charge in [-0.25, -0.2) is 8.42 Å². The third kappa shape index (κ3) is 3.35. The number of hydrogen-bond acceptors (Lipinski definition) is 4. The summed E-state index contributed by atoms with van der Waals surface area (Å²) in [5.74, 6) is 0. The first-order chi connectivity index (χ1) is 9.76. The van der Waals surface area contributed by atoms with Gasteiger partial charge in [-0.3, -0.25) is 4.98 Å². The van der Waals surface area contributed by atoms with Gasteiger partial charge < -0.3 is 5.32 Å². The molecule has 2 rings (SSSR count). The van der Waals surface area contributed by atoms with E-state index in [0.29, 0.717) is 26.2 Å². The number of sulfonamides is 1. The number of nitrogens with zero attached hydrogens (tertiary/aromatic N) is 2. The van der Waals surface area contributed by atoms with E-state index in [1.165, 1.54) is 4.31 Å². The minimum absolute atomic E-state index is 0.135.